The van der Waals surface area contributed by atoms with E-state index in [1.807, 2.05) is 61.1 Å². The van der Waals surface area contributed by atoms with Crippen LogP contribution in [0.5, 0.6) is 5.75 Å². The van der Waals surface area contributed by atoms with Gasteiger partial charge in [-0.3, -0.25) is 9.48 Å². The van der Waals surface area contributed by atoms with Gasteiger partial charge in [-0.25, -0.2) is 0 Å². The Balaban J connectivity index is 1.38. The van der Waals surface area contributed by atoms with Gasteiger partial charge in [0.2, 0.25) is 0 Å². The molecule has 0 fully saturated rings. The molecule has 0 bridgehead atoms. The molecule has 1 N–H and O–H groups in total. The summed E-state index contributed by atoms with van der Waals surface area (Å²) in [6, 6.07) is 23.7. The summed E-state index contributed by atoms with van der Waals surface area (Å²) in [4.78, 5) is 12.8. The molecule has 0 saturated heterocycles. The van der Waals surface area contributed by atoms with Crippen LogP contribution in [0.3, 0.4) is 0 Å². The van der Waals surface area contributed by atoms with E-state index in [0.29, 0.717) is 24.5 Å². The fraction of sp³-hybridized carbons (Fsp3) is 0.185. The molecule has 0 radical (unpaired) electrons. The molecule has 4 aromatic rings. The van der Waals surface area contributed by atoms with Crippen molar-refractivity contribution in [1.82, 2.24) is 9.78 Å². The fourth-order valence-corrected chi connectivity index (χ4v) is 3.53. The molecule has 3 aromatic carbocycles. The summed E-state index contributed by atoms with van der Waals surface area (Å²) in [5.41, 5.74) is 6.13. The third-order valence-corrected chi connectivity index (χ3v) is 5.24. The van der Waals surface area contributed by atoms with Crippen LogP contribution in [0.25, 0.3) is 0 Å². The maximum absolute atomic E-state index is 12.8. The van der Waals surface area contributed by atoms with Gasteiger partial charge in [0.1, 0.15) is 12.4 Å². The zero-order chi connectivity index (χ0) is 22.5. The molecule has 162 valence electrons. The van der Waals surface area contributed by atoms with Crippen LogP contribution in [0.1, 0.15) is 38.2 Å². The van der Waals surface area contributed by atoms with Gasteiger partial charge >= 0.3 is 0 Å². The van der Waals surface area contributed by atoms with Crippen LogP contribution >= 0.6 is 0 Å². The minimum atomic E-state index is -0.195. The molecule has 5 heteroatoms. The van der Waals surface area contributed by atoms with Crippen molar-refractivity contribution in [2.45, 2.75) is 33.9 Å². The molecule has 4 rings (SSSR count). The van der Waals surface area contributed by atoms with Crippen LogP contribution in [-0.4, -0.2) is 15.7 Å². The summed E-state index contributed by atoms with van der Waals surface area (Å²) in [7, 11) is 0. The van der Waals surface area contributed by atoms with E-state index in [-0.39, 0.29) is 5.91 Å². The van der Waals surface area contributed by atoms with Crippen molar-refractivity contribution in [3.8, 4) is 5.75 Å². The second kappa shape index (κ2) is 9.52. The minimum absolute atomic E-state index is 0.195. The number of nitrogens with zero attached hydrogens (tertiary/aromatic N) is 2. The number of carbonyl (C=O) groups excluding carboxylic acids is 1. The maximum Gasteiger partial charge on any atom is 0.256 e. The zero-order valence-electron chi connectivity index (χ0n) is 18.6. The second-order valence-corrected chi connectivity index (χ2v) is 8.10. The van der Waals surface area contributed by atoms with Crippen LogP contribution in [0.15, 0.2) is 79.0 Å². The first-order valence-electron chi connectivity index (χ1n) is 10.7. The molecule has 1 heterocycles. The molecule has 1 amide bonds. The first-order valence-corrected chi connectivity index (χ1v) is 10.7. The number of benzene rings is 3. The Hall–Kier alpha value is -3.86. The molecule has 0 saturated carbocycles. The van der Waals surface area contributed by atoms with Gasteiger partial charge in [-0.1, -0.05) is 54.1 Å². The molecule has 0 spiro atoms. The van der Waals surface area contributed by atoms with E-state index >= 15 is 0 Å². The lowest BCUT2D eigenvalue weighted by atomic mass is 10.1. The topological polar surface area (TPSA) is 56.2 Å². The Morgan fingerprint density at radius 1 is 0.906 bits per heavy atom. The number of amides is 1. The molecule has 1 aromatic heterocycles. The Morgan fingerprint density at radius 2 is 1.69 bits per heavy atom. The zero-order valence-corrected chi connectivity index (χ0v) is 18.6. The number of carbonyl (C=O) groups is 1. The van der Waals surface area contributed by atoms with Crippen molar-refractivity contribution in [3.05, 3.63) is 112 Å². The largest absolute Gasteiger partial charge is 0.489 e. The molecule has 0 aliphatic carbocycles. The number of nitrogens with one attached hydrogen (secondary N) is 1. The summed E-state index contributed by atoms with van der Waals surface area (Å²) in [5.74, 6) is 1.19. The lowest BCUT2D eigenvalue weighted by molar-refractivity contribution is 0.102. The normalized spacial score (nSPS) is 10.7. The summed E-state index contributed by atoms with van der Waals surface area (Å²) in [6.07, 6.45) is 1.87. The van der Waals surface area contributed by atoms with Crippen LogP contribution in [0.2, 0.25) is 0 Å². The molecule has 32 heavy (non-hydrogen) atoms. The number of aryl methyl sites for hydroxylation is 3. The Morgan fingerprint density at radius 3 is 2.53 bits per heavy atom. The van der Waals surface area contributed by atoms with Gasteiger partial charge in [0.25, 0.3) is 5.91 Å². The summed E-state index contributed by atoms with van der Waals surface area (Å²) in [6.45, 7) is 7.19. The van der Waals surface area contributed by atoms with E-state index in [1.165, 1.54) is 11.1 Å². The number of ether oxygens (including phenoxy) is 1. The average molecular weight is 426 g/mol. The van der Waals surface area contributed by atoms with Crippen molar-refractivity contribution >= 4 is 11.7 Å². The van der Waals surface area contributed by atoms with Crippen LogP contribution in [0.4, 0.5) is 5.82 Å². The molecule has 0 aliphatic rings. The molecular weight excluding hydrogens is 398 g/mol. The smallest absolute Gasteiger partial charge is 0.256 e. The highest BCUT2D eigenvalue weighted by Gasteiger charge is 2.10. The van der Waals surface area contributed by atoms with Gasteiger partial charge < -0.3 is 10.1 Å². The number of hydrogen-bond acceptors (Lipinski definition) is 3. The predicted molar refractivity (Wildman–Crippen MR) is 127 cm³/mol. The van der Waals surface area contributed by atoms with Gasteiger partial charge in [-0.05, 0) is 61.2 Å². The minimum Gasteiger partial charge on any atom is -0.489 e. The van der Waals surface area contributed by atoms with E-state index in [1.54, 1.807) is 12.1 Å². The number of rotatable bonds is 7. The molecule has 5 nitrogen and oxygen atoms in total. The fourth-order valence-electron chi connectivity index (χ4n) is 3.53. The van der Waals surface area contributed by atoms with Crippen molar-refractivity contribution in [2.24, 2.45) is 0 Å². The number of hydrogen-bond donors (Lipinski definition) is 1. The van der Waals surface area contributed by atoms with Gasteiger partial charge in [0.15, 0.2) is 5.82 Å². The van der Waals surface area contributed by atoms with Gasteiger partial charge in [0.05, 0.1) is 6.54 Å². The van der Waals surface area contributed by atoms with Crippen LogP contribution < -0.4 is 10.1 Å². The molecule has 0 atom stereocenters. The highest BCUT2D eigenvalue weighted by molar-refractivity contribution is 6.03. The van der Waals surface area contributed by atoms with Crippen molar-refractivity contribution < 1.29 is 9.53 Å². The van der Waals surface area contributed by atoms with E-state index in [4.69, 9.17) is 4.74 Å². The molecular formula is C27H27N3O2. The van der Waals surface area contributed by atoms with Crippen LogP contribution in [0, 0.1) is 20.8 Å². The monoisotopic (exact) mass is 425 g/mol. The van der Waals surface area contributed by atoms with E-state index < -0.39 is 0 Å². The Bertz CT molecular complexity index is 1240. The summed E-state index contributed by atoms with van der Waals surface area (Å²) in [5, 5.41) is 7.36. The van der Waals surface area contributed by atoms with E-state index in [2.05, 4.69) is 41.6 Å². The van der Waals surface area contributed by atoms with Crippen molar-refractivity contribution in [2.75, 3.05) is 5.32 Å². The third-order valence-electron chi connectivity index (χ3n) is 5.24. The average Bonchev–Trinajstić information content (AvgIpc) is 3.21. The van der Waals surface area contributed by atoms with Gasteiger partial charge in [-0.2, -0.15) is 5.10 Å². The predicted octanol–water partition coefficient (Wildman–Crippen LogP) is 5.69. The van der Waals surface area contributed by atoms with Crippen LogP contribution in [-0.2, 0) is 13.2 Å². The SMILES string of the molecule is Cc1cccc(Cn2ccc(NC(=O)c3cccc(COc4cc(C)ccc4C)c3)n2)c1. The Kier molecular flexibility index (Phi) is 6.36. The van der Waals surface area contributed by atoms with E-state index in [9.17, 15) is 4.79 Å². The Labute approximate surface area is 188 Å². The second-order valence-electron chi connectivity index (χ2n) is 8.10. The summed E-state index contributed by atoms with van der Waals surface area (Å²) < 4.78 is 7.80. The van der Waals surface area contributed by atoms with Gasteiger partial charge in [-0.15, -0.1) is 0 Å². The first kappa shape index (κ1) is 21.4. The van der Waals surface area contributed by atoms with Crippen molar-refractivity contribution in [1.29, 1.82) is 0 Å². The first-order chi connectivity index (χ1) is 15.5. The quantitative estimate of drug-likeness (QED) is 0.414. The van der Waals surface area contributed by atoms with Gasteiger partial charge in [0, 0.05) is 17.8 Å². The summed E-state index contributed by atoms with van der Waals surface area (Å²) >= 11 is 0. The highest BCUT2D eigenvalue weighted by atomic mass is 16.5. The lowest BCUT2D eigenvalue weighted by Gasteiger charge is -2.11. The highest BCUT2D eigenvalue weighted by Crippen LogP contribution is 2.21. The third kappa shape index (κ3) is 5.43. The standard InChI is InChI=1S/C27H27N3O2/c1-19-6-4-7-22(14-19)17-30-13-12-26(29-30)28-27(31)24-9-5-8-23(16-24)18-32-25-15-20(2)10-11-21(25)3/h4-16H,17-18H2,1-3H3,(H,28,29,31). The lowest BCUT2D eigenvalue weighted by Crippen LogP contribution is -2.13. The maximum atomic E-state index is 12.8. The molecule has 0 aliphatic heterocycles. The number of aromatic nitrogens is 2. The van der Waals surface area contributed by atoms with E-state index in [0.717, 1.165) is 22.4 Å². The number of anilines is 1. The van der Waals surface area contributed by atoms with Crippen molar-refractivity contribution in [3.63, 3.8) is 0 Å². The molecule has 0 unspecified atom stereocenters.